The molecule has 8 nitrogen and oxygen atoms in total. The number of fused-ring (bicyclic) bond motifs is 1. The summed E-state index contributed by atoms with van der Waals surface area (Å²) in [5.74, 6) is 0.142. The van der Waals surface area contributed by atoms with Crippen LogP contribution >= 0.6 is 0 Å². The van der Waals surface area contributed by atoms with E-state index < -0.39 is 10.0 Å². The fourth-order valence-corrected chi connectivity index (χ4v) is 5.31. The number of aromatic nitrogens is 1. The summed E-state index contributed by atoms with van der Waals surface area (Å²) >= 11 is 0. The van der Waals surface area contributed by atoms with Crippen LogP contribution in [0.2, 0.25) is 0 Å². The quantitative estimate of drug-likeness (QED) is 0.596. The number of phenolic OH excluding ortho intramolecular Hbond substituents is 1. The summed E-state index contributed by atoms with van der Waals surface area (Å²) < 4.78 is 33.0. The Bertz CT molecular complexity index is 1280. The predicted octanol–water partition coefficient (Wildman–Crippen LogP) is 2.50. The number of carbonyl (C=O) groups excluding carboxylic acids is 1. The number of carbonyl (C=O) groups is 1. The Labute approximate surface area is 186 Å². The Morgan fingerprint density at radius 3 is 2.66 bits per heavy atom. The number of amides is 1. The number of pyridine rings is 1. The third kappa shape index (κ3) is 4.30. The number of benzene rings is 2. The van der Waals surface area contributed by atoms with Crippen molar-refractivity contribution in [1.82, 2.24) is 14.2 Å². The molecular formula is C23H23N3O5S. The molecule has 0 unspecified atom stereocenters. The van der Waals surface area contributed by atoms with E-state index in [1.165, 1.54) is 23.6 Å². The van der Waals surface area contributed by atoms with Gasteiger partial charge in [-0.2, -0.15) is 4.31 Å². The van der Waals surface area contributed by atoms with Crippen molar-refractivity contribution in [3.8, 4) is 11.5 Å². The van der Waals surface area contributed by atoms with Gasteiger partial charge in [-0.25, -0.2) is 8.42 Å². The lowest BCUT2D eigenvalue weighted by Gasteiger charge is -2.33. The Balaban J connectivity index is 1.44. The van der Waals surface area contributed by atoms with Crippen LogP contribution in [0.4, 0.5) is 0 Å². The van der Waals surface area contributed by atoms with Gasteiger partial charge in [0.25, 0.3) is 0 Å². The predicted molar refractivity (Wildman–Crippen MR) is 121 cm³/mol. The molecule has 0 aliphatic carbocycles. The van der Waals surface area contributed by atoms with Crippen LogP contribution in [0.15, 0.2) is 65.8 Å². The van der Waals surface area contributed by atoms with E-state index in [1.54, 1.807) is 53.7 Å². The lowest BCUT2D eigenvalue weighted by Crippen LogP contribution is -2.50. The molecule has 1 aliphatic rings. The van der Waals surface area contributed by atoms with Crippen molar-refractivity contribution in [3.63, 3.8) is 0 Å². The minimum atomic E-state index is -3.69. The first-order chi connectivity index (χ1) is 15.4. The average molecular weight is 454 g/mol. The van der Waals surface area contributed by atoms with Gasteiger partial charge in [0.05, 0.1) is 12.0 Å². The molecule has 1 aromatic heterocycles. The first-order valence-electron chi connectivity index (χ1n) is 10.1. The summed E-state index contributed by atoms with van der Waals surface area (Å²) in [6, 6.07) is 11.6. The monoisotopic (exact) mass is 453 g/mol. The van der Waals surface area contributed by atoms with Gasteiger partial charge >= 0.3 is 0 Å². The minimum absolute atomic E-state index is 0.0239. The zero-order valence-corrected chi connectivity index (χ0v) is 18.3. The second kappa shape index (κ2) is 8.97. The van der Waals surface area contributed by atoms with Gasteiger partial charge in [0.1, 0.15) is 0 Å². The van der Waals surface area contributed by atoms with E-state index >= 15 is 0 Å². The van der Waals surface area contributed by atoms with E-state index in [9.17, 15) is 18.3 Å². The summed E-state index contributed by atoms with van der Waals surface area (Å²) in [4.78, 5) is 18.5. The maximum atomic E-state index is 13.2. The molecule has 1 N–H and O–H groups in total. The molecule has 9 heteroatoms. The highest BCUT2D eigenvalue weighted by atomic mass is 32.2. The maximum absolute atomic E-state index is 13.2. The van der Waals surface area contributed by atoms with Gasteiger partial charge in [-0.1, -0.05) is 18.2 Å². The lowest BCUT2D eigenvalue weighted by atomic mass is 10.2. The number of aromatic hydroxyl groups is 1. The standard InChI is InChI=1S/C23H23N3O5S/c1-31-21-15-17(5-7-20(21)27)6-8-23(28)25-11-13-26(14-12-25)32(29,30)22-4-2-3-18-16-24-10-9-19(18)22/h2-10,15-16,27H,11-14H2,1H3/b8-6+. The van der Waals surface area contributed by atoms with Crippen LogP contribution in [0, 0.1) is 0 Å². The molecule has 32 heavy (non-hydrogen) atoms. The summed E-state index contributed by atoms with van der Waals surface area (Å²) in [6.45, 7) is 1.04. The number of hydrogen-bond acceptors (Lipinski definition) is 6. The van der Waals surface area contributed by atoms with Crippen LogP contribution in [0.1, 0.15) is 5.56 Å². The Kier molecular flexibility index (Phi) is 6.11. The zero-order valence-electron chi connectivity index (χ0n) is 17.5. The fourth-order valence-electron chi connectivity index (χ4n) is 3.68. The van der Waals surface area contributed by atoms with Crippen LogP contribution < -0.4 is 4.74 Å². The van der Waals surface area contributed by atoms with Gasteiger partial charge in [0, 0.05) is 55.4 Å². The summed E-state index contributed by atoms with van der Waals surface area (Å²) in [6.07, 6.45) is 6.29. The summed E-state index contributed by atoms with van der Waals surface area (Å²) in [5.41, 5.74) is 0.708. The van der Waals surface area contributed by atoms with Crippen molar-refractivity contribution in [1.29, 1.82) is 0 Å². The molecule has 0 atom stereocenters. The van der Waals surface area contributed by atoms with Crippen LogP contribution in [0.25, 0.3) is 16.8 Å². The molecule has 0 radical (unpaired) electrons. The topological polar surface area (TPSA) is 100 Å². The average Bonchev–Trinajstić information content (AvgIpc) is 2.83. The molecule has 1 aliphatic heterocycles. The zero-order chi connectivity index (χ0) is 22.7. The van der Waals surface area contributed by atoms with Gasteiger partial charge in [0.15, 0.2) is 11.5 Å². The Morgan fingerprint density at radius 2 is 1.91 bits per heavy atom. The van der Waals surface area contributed by atoms with E-state index in [2.05, 4.69) is 4.98 Å². The second-order valence-electron chi connectivity index (χ2n) is 7.35. The van der Waals surface area contributed by atoms with Crippen LogP contribution in [-0.2, 0) is 14.8 Å². The van der Waals surface area contributed by atoms with E-state index in [0.29, 0.717) is 29.8 Å². The summed E-state index contributed by atoms with van der Waals surface area (Å²) in [7, 11) is -2.24. The van der Waals surface area contributed by atoms with Crippen LogP contribution in [0.3, 0.4) is 0 Å². The highest BCUT2D eigenvalue weighted by molar-refractivity contribution is 7.89. The molecular weight excluding hydrogens is 430 g/mol. The van der Waals surface area contributed by atoms with E-state index in [0.717, 1.165) is 5.39 Å². The van der Waals surface area contributed by atoms with Crippen LogP contribution in [-0.4, -0.2) is 66.9 Å². The molecule has 0 bridgehead atoms. The number of piperazine rings is 1. The van der Waals surface area contributed by atoms with Crippen molar-refractivity contribution < 1.29 is 23.1 Å². The first-order valence-corrected chi connectivity index (χ1v) is 11.5. The van der Waals surface area contributed by atoms with E-state index in [-0.39, 0.29) is 29.6 Å². The van der Waals surface area contributed by atoms with Gasteiger partial charge in [-0.15, -0.1) is 0 Å². The number of hydrogen-bond donors (Lipinski definition) is 1. The first kappa shape index (κ1) is 21.8. The fraction of sp³-hybridized carbons (Fsp3) is 0.217. The van der Waals surface area contributed by atoms with E-state index in [4.69, 9.17) is 4.74 Å². The van der Waals surface area contributed by atoms with Crippen molar-refractivity contribution >= 4 is 32.8 Å². The molecule has 1 fully saturated rings. The van der Waals surface area contributed by atoms with Crippen molar-refractivity contribution in [2.24, 2.45) is 0 Å². The van der Waals surface area contributed by atoms with E-state index in [1.807, 2.05) is 6.07 Å². The molecule has 2 aromatic carbocycles. The van der Waals surface area contributed by atoms with Crippen molar-refractivity contribution in [3.05, 3.63) is 66.5 Å². The highest BCUT2D eigenvalue weighted by Gasteiger charge is 2.30. The van der Waals surface area contributed by atoms with Crippen molar-refractivity contribution in [2.75, 3.05) is 33.3 Å². The number of rotatable bonds is 5. The number of phenols is 1. The van der Waals surface area contributed by atoms with Gasteiger partial charge in [-0.3, -0.25) is 9.78 Å². The maximum Gasteiger partial charge on any atom is 0.246 e. The molecule has 3 aromatic rings. The number of methoxy groups -OCH3 is 1. The third-order valence-electron chi connectivity index (χ3n) is 5.43. The third-order valence-corrected chi connectivity index (χ3v) is 7.39. The molecule has 166 valence electrons. The Morgan fingerprint density at radius 1 is 1.12 bits per heavy atom. The minimum Gasteiger partial charge on any atom is -0.504 e. The Hall–Kier alpha value is -3.43. The second-order valence-corrected chi connectivity index (χ2v) is 9.25. The molecule has 0 spiro atoms. The molecule has 1 saturated heterocycles. The number of ether oxygens (including phenoxy) is 1. The van der Waals surface area contributed by atoms with Crippen LogP contribution in [0.5, 0.6) is 11.5 Å². The molecule has 1 amide bonds. The van der Waals surface area contributed by atoms with Crippen molar-refractivity contribution in [2.45, 2.75) is 4.90 Å². The SMILES string of the molecule is COc1cc(/C=C/C(=O)N2CCN(S(=O)(=O)c3cccc4cnccc34)CC2)ccc1O. The van der Waals surface area contributed by atoms with Gasteiger partial charge in [-0.05, 0) is 35.9 Å². The molecule has 2 heterocycles. The summed E-state index contributed by atoms with van der Waals surface area (Å²) in [5, 5.41) is 11.1. The largest absolute Gasteiger partial charge is 0.504 e. The molecule has 4 rings (SSSR count). The number of nitrogens with zero attached hydrogens (tertiary/aromatic N) is 3. The lowest BCUT2D eigenvalue weighted by molar-refractivity contribution is -0.127. The van der Waals surface area contributed by atoms with Gasteiger partial charge in [0.2, 0.25) is 15.9 Å². The smallest absolute Gasteiger partial charge is 0.246 e. The van der Waals surface area contributed by atoms with Gasteiger partial charge < -0.3 is 14.7 Å². The normalized spacial score (nSPS) is 15.3. The highest BCUT2D eigenvalue weighted by Crippen LogP contribution is 2.27. The molecule has 0 saturated carbocycles. The number of sulfonamides is 1.